The van der Waals surface area contributed by atoms with Crippen LogP contribution in [0.2, 0.25) is 10.0 Å². The molecule has 0 radical (unpaired) electrons. The Morgan fingerprint density at radius 3 is 2.28 bits per heavy atom. The Morgan fingerprint density at radius 2 is 1.39 bits per heavy atom. The number of benzene rings is 5. The van der Waals surface area contributed by atoms with Crippen LogP contribution in [0.5, 0.6) is 0 Å². The maximum absolute atomic E-state index is 6.34. The van der Waals surface area contributed by atoms with Crippen LogP contribution < -0.4 is 5.32 Å². The number of hydrogen-bond donors (Lipinski definition) is 1. The minimum absolute atomic E-state index is 0.0729. The summed E-state index contributed by atoms with van der Waals surface area (Å²) in [5.74, 6) is 0. The highest BCUT2D eigenvalue weighted by Gasteiger charge is 2.31. The van der Waals surface area contributed by atoms with Crippen molar-refractivity contribution in [2.45, 2.75) is 6.04 Å². The van der Waals surface area contributed by atoms with E-state index >= 15 is 0 Å². The van der Waals surface area contributed by atoms with E-state index in [-0.39, 0.29) is 6.04 Å². The first-order valence-corrected chi connectivity index (χ1v) is 12.8. The van der Waals surface area contributed by atoms with E-state index in [2.05, 4.69) is 102 Å². The van der Waals surface area contributed by atoms with Gasteiger partial charge in [-0.3, -0.25) is 0 Å². The molecule has 36 heavy (non-hydrogen) atoms. The normalized spacial score (nSPS) is 15.8. The summed E-state index contributed by atoms with van der Waals surface area (Å²) in [4.78, 5) is 0. The Morgan fingerprint density at radius 1 is 0.611 bits per heavy atom. The minimum atomic E-state index is 0.0729. The molecule has 7 rings (SSSR count). The van der Waals surface area contributed by atoms with Gasteiger partial charge < -0.3 is 5.32 Å². The van der Waals surface area contributed by atoms with Crippen molar-refractivity contribution in [2.75, 3.05) is 5.32 Å². The summed E-state index contributed by atoms with van der Waals surface area (Å²) in [6.07, 6.45) is 4.51. The SMILES string of the molecule is Clc1cc(Cl)cc(-c2cccc(C3=C4C=Cc5ccccc5C4Nc4c3ccc3ccccc43)c2)c1. The van der Waals surface area contributed by atoms with Crippen molar-refractivity contribution >= 4 is 51.3 Å². The average Bonchev–Trinajstić information content (AvgIpc) is 2.91. The fourth-order valence-electron chi connectivity index (χ4n) is 5.58. The Kier molecular flexibility index (Phi) is 5.02. The van der Waals surface area contributed by atoms with Gasteiger partial charge in [-0.25, -0.2) is 0 Å². The molecule has 1 N–H and O–H groups in total. The third-order valence-electron chi connectivity index (χ3n) is 7.18. The van der Waals surface area contributed by atoms with Crippen molar-refractivity contribution in [2.24, 2.45) is 0 Å². The van der Waals surface area contributed by atoms with Gasteiger partial charge in [0.15, 0.2) is 0 Å². The van der Waals surface area contributed by atoms with Crippen molar-refractivity contribution in [1.29, 1.82) is 0 Å². The van der Waals surface area contributed by atoms with Gasteiger partial charge in [-0.15, -0.1) is 0 Å². The average molecular weight is 502 g/mol. The zero-order valence-electron chi connectivity index (χ0n) is 19.3. The zero-order valence-corrected chi connectivity index (χ0v) is 20.8. The Hall–Kier alpha value is -3.78. The van der Waals surface area contributed by atoms with Crippen molar-refractivity contribution in [3.8, 4) is 11.1 Å². The van der Waals surface area contributed by atoms with Crippen LogP contribution in [0.3, 0.4) is 0 Å². The molecule has 0 amide bonds. The molecule has 0 aromatic heterocycles. The van der Waals surface area contributed by atoms with Crippen LogP contribution in [0, 0.1) is 0 Å². The van der Waals surface area contributed by atoms with E-state index in [1.54, 1.807) is 6.07 Å². The molecule has 5 aromatic carbocycles. The molecule has 1 heterocycles. The van der Waals surface area contributed by atoms with Gasteiger partial charge in [-0.1, -0.05) is 114 Å². The van der Waals surface area contributed by atoms with Crippen LogP contribution in [0.4, 0.5) is 5.69 Å². The largest absolute Gasteiger partial charge is 0.373 e. The monoisotopic (exact) mass is 501 g/mol. The summed E-state index contributed by atoms with van der Waals surface area (Å²) in [6, 6.07) is 36.2. The van der Waals surface area contributed by atoms with Gasteiger partial charge in [-0.2, -0.15) is 0 Å². The Balaban J connectivity index is 1.50. The van der Waals surface area contributed by atoms with Crippen LogP contribution in [-0.4, -0.2) is 0 Å². The van der Waals surface area contributed by atoms with Crippen molar-refractivity contribution < 1.29 is 0 Å². The number of halogens is 2. The van der Waals surface area contributed by atoms with E-state index in [0.717, 1.165) is 11.1 Å². The molecule has 1 aliphatic carbocycles. The van der Waals surface area contributed by atoms with E-state index in [4.69, 9.17) is 23.2 Å². The third-order valence-corrected chi connectivity index (χ3v) is 7.62. The van der Waals surface area contributed by atoms with Gasteiger partial charge in [0, 0.05) is 21.0 Å². The van der Waals surface area contributed by atoms with Crippen molar-refractivity contribution in [3.05, 3.63) is 147 Å². The van der Waals surface area contributed by atoms with E-state index in [1.165, 1.54) is 49.9 Å². The van der Waals surface area contributed by atoms with Gasteiger partial charge >= 0.3 is 0 Å². The first kappa shape index (κ1) is 21.5. The topological polar surface area (TPSA) is 12.0 Å². The van der Waals surface area contributed by atoms with Crippen LogP contribution in [-0.2, 0) is 0 Å². The van der Waals surface area contributed by atoms with Gasteiger partial charge in [0.25, 0.3) is 0 Å². The third kappa shape index (κ3) is 3.47. The standard InChI is InChI=1S/C33H21Cl2N/c34-25-17-24(18-26(35)19-25)22-8-5-9-23(16-22)31-29-14-12-20-6-1-3-10-27(20)32(29)36-33-28-11-4-2-7-21(28)13-15-30(31)33/h1-19,32,36H. The molecule has 3 heteroatoms. The first-order chi connectivity index (χ1) is 17.7. The lowest BCUT2D eigenvalue weighted by atomic mass is 9.78. The zero-order chi connectivity index (χ0) is 24.2. The first-order valence-electron chi connectivity index (χ1n) is 12.0. The second kappa shape index (κ2) is 8.41. The fraction of sp³-hybridized carbons (Fsp3) is 0.0303. The van der Waals surface area contributed by atoms with Gasteiger partial charge in [0.2, 0.25) is 0 Å². The second-order valence-electron chi connectivity index (χ2n) is 9.32. The van der Waals surface area contributed by atoms with E-state index in [0.29, 0.717) is 10.0 Å². The summed E-state index contributed by atoms with van der Waals surface area (Å²) < 4.78 is 0. The molecular formula is C33H21Cl2N. The highest BCUT2D eigenvalue weighted by atomic mass is 35.5. The van der Waals surface area contributed by atoms with E-state index < -0.39 is 0 Å². The fourth-order valence-corrected chi connectivity index (χ4v) is 6.11. The lowest BCUT2D eigenvalue weighted by Gasteiger charge is -2.35. The molecule has 0 bridgehead atoms. The maximum Gasteiger partial charge on any atom is 0.0779 e. The molecule has 1 atom stereocenters. The molecule has 0 fully saturated rings. The van der Waals surface area contributed by atoms with E-state index in [9.17, 15) is 0 Å². The minimum Gasteiger partial charge on any atom is -0.373 e. The van der Waals surface area contributed by atoms with Gasteiger partial charge in [0.05, 0.1) is 11.7 Å². The van der Waals surface area contributed by atoms with Crippen LogP contribution in [0.15, 0.2) is 115 Å². The number of fused-ring (bicyclic) bond motifs is 6. The predicted octanol–water partition coefficient (Wildman–Crippen LogP) is 9.81. The second-order valence-corrected chi connectivity index (χ2v) is 10.2. The van der Waals surface area contributed by atoms with Crippen LogP contribution in [0.1, 0.15) is 28.3 Å². The van der Waals surface area contributed by atoms with Crippen molar-refractivity contribution in [3.63, 3.8) is 0 Å². The van der Waals surface area contributed by atoms with E-state index in [1.807, 2.05) is 12.1 Å². The molecule has 1 aliphatic heterocycles. The Labute approximate surface area is 220 Å². The van der Waals surface area contributed by atoms with Crippen molar-refractivity contribution in [1.82, 2.24) is 0 Å². The van der Waals surface area contributed by atoms with Crippen LogP contribution >= 0.6 is 23.2 Å². The molecule has 1 nitrogen and oxygen atoms in total. The molecule has 1 unspecified atom stereocenters. The van der Waals surface area contributed by atoms with Gasteiger partial charge in [-0.05, 0) is 68.6 Å². The summed E-state index contributed by atoms with van der Waals surface area (Å²) in [7, 11) is 0. The highest BCUT2D eigenvalue weighted by Crippen LogP contribution is 2.49. The lowest BCUT2D eigenvalue weighted by molar-refractivity contribution is 0.920. The quantitative estimate of drug-likeness (QED) is 0.253. The summed E-state index contributed by atoms with van der Waals surface area (Å²) in [5.41, 5.74) is 10.7. The molecular weight excluding hydrogens is 481 g/mol. The summed E-state index contributed by atoms with van der Waals surface area (Å²) in [6.45, 7) is 0. The maximum atomic E-state index is 6.34. The van der Waals surface area contributed by atoms with Gasteiger partial charge in [0.1, 0.15) is 0 Å². The molecule has 0 spiro atoms. The van der Waals surface area contributed by atoms with Crippen LogP contribution in [0.25, 0.3) is 33.5 Å². The summed E-state index contributed by atoms with van der Waals surface area (Å²) >= 11 is 12.7. The summed E-state index contributed by atoms with van der Waals surface area (Å²) in [5, 5.41) is 7.65. The highest BCUT2D eigenvalue weighted by molar-refractivity contribution is 6.35. The Bertz CT molecular complexity index is 1720. The smallest absolute Gasteiger partial charge is 0.0779 e. The molecule has 172 valence electrons. The molecule has 0 saturated carbocycles. The number of anilines is 1. The molecule has 2 aliphatic rings. The predicted molar refractivity (Wildman–Crippen MR) is 154 cm³/mol. The number of rotatable bonds is 2. The lowest BCUT2D eigenvalue weighted by Crippen LogP contribution is -2.22. The number of hydrogen-bond acceptors (Lipinski definition) is 1. The molecule has 0 saturated heterocycles. The molecule has 5 aromatic rings. The number of nitrogens with one attached hydrogen (secondary N) is 1.